The smallest absolute Gasteiger partial charge is 0.224 e. The van der Waals surface area contributed by atoms with Crippen molar-refractivity contribution in [3.8, 4) is 0 Å². The van der Waals surface area contributed by atoms with E-state index in [0.717, 1.165) is 51.5 Å². The Kier molecular flexibility index (Phi) is 3.59. The Hall–Kier alpha value is -0.610. The van der Waals surface area contributed by atoms with Crippen molar-refractivity contribution < 1.29 is 4.79 Å². The van der Waals surface area contributed by atoms with Gasteiger partial charge in [-0.25, -0.2) is 0 Å². The van der Waals surface area contributed by atoms with Gasteiger partial charge in [-0.1, -0.05) is 0 Å². The summed E-state index contributed by atoms with van der Waals surface area (Å²) in [5.41, 5.74) is 0. The summed E-state index contributed by atoms with van der Waals surface area (Å²) >= 11 is 0. The molecular weight excluding hydrogens is 190 g/mol. The van der Waals surface area contributed by atoms with Crippen molar-refractivity contribution in [3.05, 3.63) is 0 Å². The SMILES string of the molecule is CN1CCC(C(=O)NCCC2CNC2)C1. The van der Waals surface area contributed by atoms with Crippen molar-refractivity contribution in [2.24, 2.45) is 11.8 Å². The second-order valence-corrected chi connectivity index (χ2v) is 4.85. The van der Waals surface area contributed by atoms with Gasteiger partial charge in [0, 0.05) is 13.1 Å². The summed E-state index contributed by atoms with van der Waals surface area (Å²) in [5.74, 6) is 1.28. The van der Waals surface area contributed by atoms with E-state index in [-0.39, 0.29) is 11.8 Å². The highest BCUT2D eigenvalue weighted by Gasteiger charge is 2.26. The summed E-state index contributed by atoms with van der Waals surface area (Å²) in [6.07, 6.45) is 2.15. The molecular formula is C11H21N3O. The first-order valence-electron chi connectivity index (χ1n) is 5.92. The summed E-state index contributed by atoms with van der Waals surface area (Å²) in [6.45, 7) is 5.09. The number of nitrogens with one attached hydrogen (secondary N) is 2. The molecule has 0 aromatic heterocycles. The molecule has 0 aliphatic carbocycles. The van der Waals surface area contributed by atoms with Crippen LogP contribution in [0.1, 0.15) is 12.8 Å². The molecule has 0 bridgehead atoms. The molecule has 1 amide bonds. The first kappa shape index (κ1) is 10.9. The number of rotatable bonds is 4. The second-order valence-electron chi connectivity index (χ2n) is 4.85. The van der Waals surface area contributed by atoms with Gasteiger partial charge in [-0.3, -0.25) is 4.79 Å². The van der Waals surface area contributed by atoms with E-state index >= 15 is 0 Å². The molecule has 0 aromatic carbocycles. The van der Waals surface area contributed by atoms with Gasteiger partial charge in [-0.2, -0.15) is 0 Å². The Balaban J connectivity index is 1.59. The van der Waals surface area contributed by atoms with E-state index in [1.807, 2.05) is 0 Å². The zero-order valence-electron chi connectivity index (χ0n) is 9.46. The van der Waals surface area contributed by atoms with Gasteiger partial charge in [0.15, 0.2) is 0 Å². The van der Waals surface area contributed by atoms with Crippen LogP contribution in [0.4, 0.5) is 0 Å². The Morgan fingerprint density at radius 3 is 2.87 bits per heavy atom. The maximum atomic E-state index is 11.7. The molecule has 4 nitrogen and oxygen atoms in total. The van der Waals surface area contributed by atoms with E-state index in [2.05, 4.69) is 22.6 Å². The molecule has 1 atom stereocenters. The lowest BCUT2D eigenvalue weighted by Crippen LogP contribution is -2.44. The molecule has 0 spiro atoms. The Morgan fingerprint density at radius 1 is 1.53 bits per heavy atom. The first-order valence-corrected chi connectivity index (χ1v) is 5.92. The number of carbonyl (C=O) groups excluding carboxylic acids is 1. The number of carbonyl (C=O) groups is 1. The number of likely N-dealkylation sites (tertiary alicyclic amines) is 1. The fourth-order valence-electron chi connectivity index (χ4n) is 2.25. The molecule has 2 saturated heterocycles. The third-order valence-electron chi connectivity index (χ3n) is 3.48. The third kappa shape index (κ3) is 2.92. The normalized spacial score (nSPS) is 27.7. The lowest BCUT2D eigenvalue weighted by molar-refractivity contribution is -0.124. The molecule has 2 heterocycles. The van der Waals surface area contributed by atoms with Crippen LogP contribution in [0, 0.1) is 11.8 Å². The second kappa shape index (κ2) is 4.94. The van der Waals surface area contributed by atoms with Crippen LogP contribution in [0.2, 0.25) is 0 Å². The largest absolute Gasteiger partial charge is 0.356 e. The van der Waals surface area contributed by atoms with Gasteiger partial charge in [0.25, 0.3) is 0 Å². The van der Waals surface area contributed by atoms with Crippen LogP contribution in [-0.4, -0.2) is 50.6 Å². The van der Waals surface area contributed by atoms with Crippen molar-refractivity contribution in [1.82, 2.24) is 15.5 Å². The Bertz CT molecular complexity index is 228. The van der Waals surface area contributed by atoms with Crippen LogP contribution in [0.25, 0.3) is 0 Å². The monoisotopic (exact) mass is 211 g/mol. The predicted octanol–water partition coefficient (Wildman–Crippen LogP) is -0.336. The van der Waals surface area contributed by atoms with Crippen molar-refractivity contribution >= 4 is 5.91 Å². The summed E-state index contributed by atoms with van der Waals surface area (Å²) in [4.78, 5) is 13.9. The van der Waals surface area contributed by atoms with E-state index < -0.39 is 0 Å². The van der Waals surface area contributed by atoms with E-state index in [0.29, 0.717) is 0 Å². The molecule has 4 heteroatoms. The minimum Gasteiger partial charge on any atom is -0.356 e. The molecule has 2 fully saturated rings. The molecule has 0 aromatic rings. The lowest BCUT2D eigenvalue weighted by atomic mass is 9.99. The van der Waals surface area contributed by atoms with Crippen LogP contribution in [0.3, 0.4) is 0 Å². The van der Waals surface area contributed by atoms with Crippen molar-refractivity contribution in [1.29, 1.82) is 0 Å². The van der Waals surface area contributed by atoms with Crippen molar-refractivity contribution in [2.75, 3.05) is 39.8 Å². The van der Waals surface area contributed by atoms with Gasteiger partial charge in [-0.05, 0) is 45.4 Å². The molecule has 2 N–H and O–H groups in total. The summed E-state index contributed by atoms with van der Waals surface area (Å²) < 4.78 is 0. The maximum Gasteiger partial charge on any atom is 0.224 e. The maximum absolute atomic E-state index is 11.7. The molecule has 0 saturated carbocycles. The van der Waals surface area contributed by atoms with Gasteiger partial charge in [0.1, 0.15) is 0 Å². The van der Waals surface area contributed by atoms with Crippen molar-refractivity contribution in [3.63, 3.8) is 0 Å². The van der Waals surface area contributed by atoms with Crippen molar-refractivity contribution in [2.45, 2.75) is 12.8 Å². The van der Waals surface area contributed by atoms with Crippen LogP contribution in [-0.2, 0) is 4.79 Å². The molecule has 86 valence electrons. The summed E-state index contributed by atoms with van der Waals surface area (Å²) in [5, 5.41) is 6.29. The van der Waals surface area contributed by atoms with Gasteiger partial charge < -0.3 is 15.5 Å². The molecule has 0 radical (unpaired) electrons. The quantitative estimate of drug-likeness (QED) is 0.669. The molecule has 2 aliphatic rings. The Morgan fingerprint density at radius 2 is 2.33 bits per heavy atom. The topological polar surface area (TPSA) is 44.4 Å². The summed E-state index contributed by atoms with van der Waals surface area (Å²) in [7, 11) is 2.08. The average molecular weight is 211 g/mol. The van der Waals surface area contributed by atoms with Gasteiger partial charge in [0.2, 0.25) is 5.91 Å². The minimum atomic E-state index is 0.231. The molecule has 1 unspecified atom stereocenters. The third-order valence-corrected chi connectivity index (χ3v) is 3.48. The Labute approximate surface area is 91.4 Å². The highest BCUT2D eigenvalue weighted by Crippen LogP contribution is 2.14. The van der Waals surface area contributed by atoms with Crippen LogP contribution < -0.4 is 10.6 Å². The fraction of sp³-hybridized carbons (Fsp3) is 0.909. The predicted molar refractivity (Wildman–Crippen MR) is 59.6 cm³/mol. The first-order chi connectivity index (χ1) is 7.25. The van der Waals surface area contributed by atoms with Crippen LogP contribution in [0.15, 0.2) is 0 Å². The zero-order valence-corrected chi connectivity index (χ0v) is 9.46. The molecule has 2 aliphatic heterocycles. The van der Waals surface area contributed by atoms with Gasteiger partial charge in [-0.15, -0.1) is 0 Å². The average Bonchev–Trinajstić information content (AvgIpc) is 2.56. The van der Waals surface area contributed by atoms with E-state index in [1.54, 1.807) is 0 Å². The number of nitrogens with zero attached hydrogens (tertiary/aromatic N) is 1. The highest BCUT2D eigenvalue weighted by atomic mass is 16.1. The number of hydrogen-bond donors (Lipinski definition) is 2. The molecule has 15 heavy (non-hydrogen) atoms. The summed E-state index contributed by atoms with van der Waals surface area (Å²) in [6, 6.07) is 0. The van der Waals surface area contributed by atoms with Gasteiger partial charge in [0.05, 0.1) is 5.92 Å². The lowest BCUT2D eigenvalue weighted by Gasteiger charge is -2.27. The fourth-order valence-corrected chi connectivity index (χ4v) is 2.25. The number of amides is 1. The highest BCUT2D eigenvalue weighted by molar-refractivity contribution is 5.79. The van der Waals surface area contributed by atoms with Crippen LogP contribution >= 0.6 is 0 Å². The van der Waals surface area contributed by atoms with E-state index in [1.165, 1.54) is 0 Å². The van der Waals surface area contributed by atoms with E-state index in [4.69, 9.17) is 0 Å². The van der Waals surface area contributed by atoms with Gasteiger partial charge >= 0.3 is 0 Å². The van der Waals surface area contributed by atoms with Crippen LogP contribution in [0.5, 0.6) is 0 Å². The molecule has 2 rings (SSSR count). The minimum absolute atomic E-state index is 0.231. The standard InChI is InChI=1S/C11H21N3O/c1-14-5-3-10(8-14)11(15)13-4-2-9-6-12-7-9/h9-10,12H,2-8H2,1H3,(H,13,15). The number of hydrogen-bond acceptors (Lipinski definition) is 3. The zero-order chi connectivity index (χ0) is 10.7. The van der Waals surface area contributed by atoms with E-state index in [9.17, 15) is 4.79 Å².